The van der Waals surface area contributed by atoms with E-state index in [-0.39, 0.29) is 25.8 Å². The molecule has 0 aromatic rings. The third-order valence-corrected chi connectivity index (χ3v) is 5.86. The summed E-state index contributed by atoms with van der Waals surface area (Å²) in [4.78, 5) is 74.6. The number of hydrogen-bond acceptors (Lipinski definition) is 8. The molecule has 5 amide bonds. The van der Waals surface area contributed by atoms with Crippen molar-refractivity contribution in [2.75, 3.05) is 13.1 Å². The van der Waals surface area contributed by atoms with Crippen molar-refractivity contribution in [3.63, 3.8) is 0 Å². The molecule has 1 saturated heterocycles. The van der Waals surface area contributed by atoms with E-state index in [1.54, 1.807) is 0 Å². The van der Waals surface area contributed by atoms with Crippen LogP contribution in [0.3, 0.4) is 0 Å². The topological polar surface area (TPSA) is 240 Å². The summed E-state index contributed by atoms with van der Waals surface area (Å²) in [5, 5.41) is 16.8. The van der Waals surface area contributed by atoms with Gasteiger partial charge in [-0.15, -0.1) is 0 Å². The van der Waals surface area contributed by atoms with Gasteiger partial charge in [-0.3, -0.25) is 24.0 Å². The highest BCUT2D eigenvalue weighted by Crippen LogP contribution is 2.20. The molecule has 0 bridgehead atoms. The second kappa shape index (κ2) is 15.0. The molecule has 14 nitrogen and oxygen atoms in total. The molecule has 204 valence electrons. The van der Waals surface area contributed by atoms with Crippen LogP contribution in [-0.2, 0) is 28.8 Å². The third kappa shape index (κ3) is 9.77. The van der Waals surface area contributed by atoms with Crippen LogP contribution in [0.1, 0.15) is 58.8 Å². The number of nitrogens with zero attached hydrogens (tertiary/aromatic N) is 1. The fourth-order valence-corrected chi connectivity index (χ4v) is 3.77. The number of carbonyl (C=O) groups excluding carboxylic acids is 5. The molecule has 0 radical (unpaired) electrons. The quantitative estimate of drug-likeness (QED) is 0.112. The summed E-state index contributed by atoms with van der Waals surface area (Å²) in [6.45, 7) is 3.49. The molecule has 1 rings (SSSR count). The summed E-state index contributed by atoms with van der Waals surface area (Å²) in [6.07, 6.45) is 1.95. The number of nitrogens with one attached hydrogen (secondary N) is 3. The minimum absolute atomic E-state index is 0.0585. The van der Waals surface area contributed by atoms with E-state index in [1.807, 2.05) is 0 Å². The fourth-order valence-electron chi connectivity index (χ4n) is 3.77. The number of aliphatic carboxylic acids is 1. The summed E-state index contributed by atoms with van der Waals surface area (Å²) >= 11 is 0. The number of rotatable bonds is 15. The molecule has 14 heteroatoms. The van der Waals surface area contributed by atoms with Crippen LogP contribution >= 0.6 is 0 Å². The number of amides is 5. The van der Waals surface area contributed by atoms with Crippen molar-refractivity contribution in [2.45, 2.75) is 89.0 Å². The number of nitrogens with two attached hydrogens (primary N) is 3. The Hall–Kier alpha value is -3.26. The van der Waals surface area contributed by atoms with Crippen molar-refractivity contribution in [1.82, 2.24) is 20.9 Å². The van der Waals surface area contributed by atoms with Crippen LogP contribution in [0, 0.1) is 0 Å². The van der Waals surface area contributed by atoms with E-state index in [4.69, 9.17) is 17.2 Å². The number of likely N-dealkylation sites (tertiary alicyclic amines) is 1. The van der Waals surface area contributed by atoms with Crippen LogP contribution in [0.25, 0.3) is 0 Å². The Bertz CT molecular complexity index is 821. The minimum atomic E-state index is -1.19. The summed E-state index contributed by atoms with van der Waals surface area (Å²) in [5.41, 5.74) is 16.2. The Morgan fingerprint density at radius 3 is 2.17 bits per heavy atom. The first kappa shape index (κ1) is 30.8. The second-order valence-corrected chi connectivity index (χ2v) is 8.96. The van der Waals surface area contributed by atoms with E-state index in [1.165, 1.54) is 18.7 Å². The lowest BCUT2D eigenvalue weighted by molar-refractivity contribution is -0.143. The molecule has 0 unspecified atom stereocenters. The molecule has 0 aliphatic carbocycles. The summed E-state index contributed by atoms with van der Waals surface area (Å²) in [7, 11) is 0. The van der Waals surface area contributed by atoms with Gasteiger partial charge in [-0.1, -0.05) is 0 Å². The maximum atomic E-state index is 13.2. The molecule has 10 N–H and O–H groups in total. The lowest BCUT2D eigenvalue weighted by Gasteiger charge is -2.29. The van der Waals surface area contributed by atoms with Gasteiger partial charge < -0.3 is 43.2 Å². The standard InChI is InChI=1S/C22H39N7O7/c1-12(24)18(31)27-14(8-9-17(25)30)21(34)29-11-5-7-16(29)20(33)26-13(2)19(32)28-15(22(35)36)6-3-4-10-23/h12-16H,3-11,23-24H2,1-2H3,(H2,25,30)(H,26,33)(H,27,31)(H,28,32)(H,35,36)/t12-,13-,14-,15-,16-/m0/s1. The number of carboxylic acid groups (broad SMARTS) is 1. The van der Waals surface area contributed by atoms with Gasteiger partial charge in [-0.05, 0) is 58.9 Å². The van der Waals surface area contributed by atoms with Crippen molar-refractivity contribution >= 4 is 35.5 Å². The molecular formula is C22H39N7O7. The Kier molecular flexibility index (Phi) is 12.8. The first-order chi connectivity index (χ1) is 16.9. The molecule has 1 fully saturated rings. The minimum Gasteiger partial charge on any atom is -0.480 e. The van der Waals surface area contributed by atoms with Gasteiger partial charge in [0.15, 0.2) is 0 Å². The fraction of sp³-hybridized carbons (Fsp3) is 0.727. The molecule has 0 spiro atoms. The molecule has 1 aliphatic rings. The van der Waals surface area contributed by atoms with Gasteiger partial charge in [0, 0.05) is 13.0 Å². The van der Waals surface area contributed by atoms with Crippen molar-refractivity contribution in [1.29, 1.82) is 0 Å². The SMILES string of the molecule is C[C@H](N)C(=O)N[C@@H](CCC(N)=O)C(=O)N1CCC[C@H]1C(=O)N[C@@H](C)C(=O)N[C@@H](CCCCN)C(=O)O. The van der Waals surface area contributed by atoms with Gasteiger partial charge in [0.2, 0.25) is 29.5 Å². The van der Waals surface area contributed by atoms with E-state index >= 15 is 0 Å². The predicted octanol–water partition coefficient (Wildman–Crippen LogP) is -2.72. The average molecular weight is 514 g/mol. The highest BCUT2D eigenvalue weighted by Gasteiger charge is 2.38. The van der Waals surface area contributed by atoms with Gasteiger partial charge in [0.25, 0.3) is 0 Å². The molecular weight excluding hydrogens is 474 g/mol. The Morgan fingerprint density at radius 2 is 1.61 bits per heavy atom. The number of primary amides is 1. The Balaban J connectivity index is 2.84. The van der Waals surface area contributed by atoms with Gasteiger partial charge in [0.1, 0.15) is 24.2 Å². The van der Waals surface area contributed by atoms with E-state index < -0.39 is 65.7 Å². The monoisotopic (exact) mass is 513 g/mol. The van der Waals surface area contributed by atoms with Crippen LogP contribution in [0.4, 0.5) is 0 Å². The van der Waals surface area contributed by atoms with Crippen LogP contribution in [0.5, 0.6) is 0 Å². The van der Waals surface area contributed by atoms with Crippen molar-refractivity contribution in [3.05, 3.63) is 0 Å². The van der Waals surface area contributed by atoms with Crippen LogP contribution < -0.4 is 33.2 Å². The number of unbranched alkanes of at least 4 members (excludes halogenated alkanes) is 1. The molecule has 1 aliphatic heterocycles. The van der Waals surface area contributed by atoms with E-state index in [0.29, 0.717) is 32.2 Å². The molecule has 0 saturated carbocycles. The number of hydrogen-bond donors (Lipinski definition) is 7. The first-order valence-corrected chi connectivity index (χ1v) is 12.1. The van der Waals surface area contributed by atoms with Gasteiger partial charge >= 0.3 is 5.97 Å². The Labute approximate surface area is 210 Å². The largest absolute Gasteiger partial charge is 0.480 e. The lowest BCUT2D eigenvalue weighted by atomic mass is 10.1. The predicted molar refractivity (Wildman–Crippen MR) is 129 cm³/mol. The molecule has 5 atom stereocenters. The van der Waals surface area contributed by atoms with Crippen LogP contribution in [0.2, 0.25) is 0 Å². The van der Waals surface area contributed by atoms with Gasteiger partial charge in [-0.25, -0.2) is 4.79 Å². The average Bonchev–Trinajstić information content (AvgIpc) is 3.30. The highest BCUT2D eigenvalue weighted by atomic mass is 16.4. The van der Waals surface area contributed by atoms with Crippen molar-refractivity contribution in [2.24, 2.45) is 17.2 Å². The first-order valence-electron chi connectivity index (χ1n) is 12.1. The van der Waals surface area contributed by atoms with Crippen molar-refractivity contribution < 1.29 is 33.9 Å². The highest BCUT2D eigenvalue weighted by molar-refractivity contribution is 5.95. The van der Waals surface area contributed by atoms with Crippen LogP contribution in [-0.4, -0.2) is 88.8 Å². The maximum Gasteiger partial charge on any atom is 0.326 e. The zero-order valence-corrected chi connectivity index (χ0v) is 20.8. The normalized spacial score (nSPS) is 18.4. The van der Waals surface area contributed by atoms with Gasteiger partial charge in [0.05, 0.1) is 6.04 Å². The lowest BCUT2D eigenvalue weighted by Crippen LogP contribution is -2.57. The smallest absolute Gasteiger partial charge is 0.326 e. The second-order valence-electron chi connectivity index (χ2n) is 8.96. The number of carbonyl (C=O) groups is 6. The summed E-state index contributed by atoms with van der Waals surface area (Å²) in [5.74, 6) is -4.27. The summed E-state index contributed by atoms with van der Waals surface area (Å²) in [6, 6.07) is -5.08. The van der Waals surface area contributed by atoms with Crippen molar-refractivity contribution in [3.8, 4) is 0 Å². The zero-order chi connectivity index (χ0) is 27.4. The maximum absolute atomic E-state index is 13.2. The van der Waals surface area contributed by atoms with Gasteiger partial charge in [-0.2, -0.15) is 0 Å². The molecule has 36 heavy (non-hydrogen) atoms. The molecule has 0 aromatic carbocycles. The molecule has 0 aromatic heterocycles. The molecule has 1 heterocycles. The van der Waals surface area contributed by atoms with E-state index in [0.717, 1.165) is 0 Å². The number of carboxylic acids is 1. The van der Waals surface area contributed by atoms with E-state index in [9.17, 15) is 33.9 Å². The Morgan fingerprint density at radius 1 is 0.972 bits per heavy atom. The van der Waals surface area contributed by atoms with Crippen LogP contribution in [0.15, 0.2) is 0 Å². The summed E-state index contributed by atoms with van der Waals surface area (Å²) < 4.78 is 0. The van der Waals surface area contributed by atoms with E-state index in [2.05, 4.69) is 16.0 Å². The third-order valence-electron chi connectivity index (χ3n) is 5.86. The zero-order valence-electron chi connectivity index (χ0n) is 20.8.